The predicted octanol–water partition coefficient (Wildman–Crippen LogP) is 2.69. The Hall–Kier alpha value is -3.53. The average molecular weight is 447 g/mol. The number of aromatic nitrogens is 3. The summed E-state index contributed by atoms with van der Waals surface area (Å²) in [6, 6.07) is 11.5. The third kappa shape index (κ3) is 4.80. The SMILES string of the molecule is O=CC(O)N1CCN(CCc2coc3cc(Oc4ccc(-c5ccn[nH]5)cn4)ccc23)CC1. The van der Waals surface area contributed by atoms with Gasteiger partial charge in [-0.15, -0.1) is 0 Å². The zero-order chi connectivity index (χ0) is 22.6. The van der Waals surface area contributed by atoms with Gasteiger partial charge in [-0.25, -0.2) is 4.98 Å². The number of piperazine rings is 1. The van der Waals surface area contributed by atoms with Crippen LogP contribution in [0.4, 0.5) is 0 Å². The van der Waals surface area contributed by atoms with Gasteiger partial charge in [0.2, 0.25) is 5.88 Å². The Labute approximate surface area is 190 Å². The molecule has 3 aromatic heterocycles. The second-order valence-electron chi connectivity index (χ2n) is 8.05. The number of furan rings is 1. The first-order chi connectivity index (χ1) is 16.2. The van der Waals surface area contributed by atoms with Gasteiger partial charge in [0.1, 0.15) is 11.3 Å². The van der Waals surface area contributed by atoms with E-state index in [-0.39, 0.29) is 0 Å². The van der Waals surface area contributed by atoms with Gasteiger partial charge in [0, 0.05) is 68.2 Å². The molecule has 0 bridgehead atoms. The lowest BCUT2D eigenvalue weighted by Crippen LogP contribution is -2.51. The van der Waals surface area contributed by atoms with E-state index in [0.29, 0.717) is 31.0 Å². The van der Waals surface area contributed by atoms with Crippen molar-refractivity contribution in [3.8, 4) is 22.9 Å². The van der Waals surface area contributed by atoms with Gasteiger partial charge in [-0.3, -0.25) is 14.8 Å². The van der Waals surface area contributed by atoms with Crippen molar-refractivity contribution in [1.82, 2.24) is 25.0 Å². The van der Waals surface area contributed by atoms with Crippen molar-refractivity contribution in [1.29, 1.82) is 0 Å². The molecule has 1 saturated heterocycles. The van der Waals surface area contributed by atoms with E-state index < -0.39 is 6.23 Å². The number of H-pyrrole nitrogens is 1. The fourth-order valence-electron chi connectivity index (χ4n) is 4.07. The van der Waals surface area contributed by atoms with Gasteiger partial charge in [-0.2, -0.15) is 5.10 Å². The molecular weight excluding hydrogens is 422 g/mol. The van der Waals surface area contributed by atoms with E-state index in [1.165, 1.54) is 0 Å². The summed E-state index contributed by atoms with van der Waals surface area (Å²) < 4.78 is 11.7. The highest BCUT2D eigenvalue weighted by Crippen LogP contribution is 2.29. The molecule has 0 amide bonds. The van der Waals surface area contributed by atoms with E-state index >= 15 is 0 Å². The van der Waals surface area contributed by atoms with Crippen molar-refractivity contribution in [2.75, 3.05) is 32.7 Å². The number of carbonyl (C=O) groups excluding carboxylic acids is 1. The first kappa shape index (κ1) is 21.3. The number of nitrogens with zero attached hydrogens (tertiary/aromatic N) is 4. The lowest BCUT2D eigenvalue weighted by molar-refractivity contribution is -0.125. The van der Waals surface area contributed by atoms with Gasteiger partial charge in [0.25, 0.3) is 0 Å². The monoisotopic (exact) mass is 447 g/mol. The first-order valence-electron chi connectivity index (χ1n) is 10.9. The molecule has 170 valence electrons. The van der Waals surface area contributed by atoms with E-state index in [0.717, 1.165) is 53.8 Å². The summed E-state index contributed by atoms with van der Waals surface area (Å²) in [5.74, 6) is 1.17. The highest BCUT2D eigenvalue weighted by Gasteiger charge is 2.21. The van der Waals surface area contributed by atoms with Gasteiger partial charge in [-0.1, -0.05) is 0 Å². The molecule has 1 atom stereocenters. The number of aldehydes is 1. The van der Waals surface area contributed by atoms with E-state index in [9.17, 15) is 9.90 Å². The highest BCUT2D eigenvalue weighted by atomic mass is 16.5. The van der Waals surface area contributed by atoms with Crippen LogP contribution in [0.1, 0.15) is 5.56 Å². The van der Waals surface area contributed by atoms with Crippen LogP contribution in [0.3, 0.4) is 0 Å². The van der Waals surface area contributed by atoms with E-state index in [1.807, 2.05) is 36.4 Å². The van der Waals surface area contributed by atoms with Gasteiger partial charge < -0.3 is 19.2 Å². The smallest absolute Gasteiger partial charge is 0.219 e. The van der Waals surface area contributed by atoms with Crippen molar-refractivity contribution in [2.24, 2.45) is 0 Å². The fraction of sp³-hybridized carbons (Fsp3) is 0.292. The van der Waals surface area contributed by atoms with Gasteiger partial charge in [0.15, 0.2) is 12.5 Å². The number of rotatable bonds is 8. The number of ether oxygens (including phenoxy) is 1. The molecule has 0 radical (unpaired) electrons. The molecule has 0 aliphatic carbocycles. The second-order valence-corrected chi connectivity index (χ2v) is 8.05. The number of hydrogen-bond donors (Lipinski definition) is 2. The third-order valence-electron chi connectivity index (χ3n) is 6.00. The Morgan fingerprint density at radius 3 is 2.79 bits per heavy atom. The van der Waals surface area contributed by atoms with Crippen molar-refractivity contribution in [2.45, 2.75) is 12.6 Å². The summed E-state index contributed by atoms with van der Waals surface area (Å²) in [7, 11) is 0. The maximum Gasteiger partial charge on any atom is 0.219 e. The lowest BCUT2D eigenvalue weighted by atomic mass is 10.1. The molecule has 4 aromatic rings. The van der Waals surface area contributed by atoms with Gasteiger partial charge >= 0.3 is 0 Å². The molecular formula is C24H25N5O4. The molecule has 9 nitrogen and oxygen atoms in total. The van der Waals surface area contributed by atoms with Crippen LogP contribution in [-0.4, -0.2) is 75.3 Å². The Balaban J connectivity index is 1.19. The third-order valence-corrected chi connectivity index (χ3v) is 6.00. The largest absolute Gasteiger partial charge is 0.464 e. The van der Waals surface area contributed by atoms with Gasteiger partial charge in [0.05, 0.1) is 12.0 Å². The number of hydrogen-bond acceptors (Lipinski definition) is 8. The topological polar surface area (TPSA) is 108 Å². The quantitative estimate of drug-likeness (QED) is 0.397. The van der Waals surface area contributed by atoms with Crippen LogP contribution in [0.15, 0.2) is 59.5 Å². The maximum atomic E-state index is 10.7. The normalized spacial score (nSPS) is 16.2. The number of carbonyl (C=O) groups is 1. The predicted molar refractivity (Wildman–Crippen MR) is 122 cm³/mol. The minimum atomic E-state index is -0.995. The number of fused-ring (bicyclic) bond motifs is 1. The molecule has 9 heteroatoms. The van der Waals surface area contributed by atoms with Crippen molar-refractivity contribution in [3.63, 3.8) is 0 Å². The molecule has 1 unspecified atom stereocenters. The number of benzene rings is 1. The summed E-state index contributed by atoms with van der Waals surface area (Å²) in [5, 5.41) is 17.6. The van der Waals surface area contributed by atoms with Crippen LogP contribution in [-0.2, 0) is 11.2 Å². The van der Waals surface area contributed by atoms with Crippen LogP contribution < -0.4 is 4.74 Å². The number of aromatic amines is 1. The fourth-order valence-corrected chi connectivity index (χ4v) is 4.07. The summed E-state index contributed by atoms with van der Waals surface area (Å²) in [6.07, 6.45) is 5.70. The Morgan fingerprint density at radius 1 is 1.18 bits per heavy atom. The van der Waals surface area contributed by atoms with Crippen LogP contribution in [0.2, 0.25) is 0 Å². The van der Waals surface area contributed by atoms with Crippen LogP contribution >= 0.6 is 0 Å². The molecule has 1 aromatic carbocycles. The Bertz CT molecular complexity index is 1200. The zero-order valence-corrected chi connectivity index (χ0v) is 18.1. The molecule has 5 rings (SSSR count). The minimum Gasteiger partial charge on any atom is -0.464 e. The molecule has 1 fully saturated rings. The standard InChI is InChI=1S/C24H25N5O4/c30-15-24(31)29-11-9-28(10-12-29)8-6-18-16-32-22-13-19(2-3-20(18)22)33-23-4-1-17(14-25-23)21-5-7-26-27-21/h1-5,7,13-16,24,31H,6,8-12H2,(H,26,27). The Morgan fingerprint density at radius 2 is 2.06 bits per heavy atom. The highest BCUT2D eigenvalue weighted by molar-refractivity contribution is 5.82. The van der Waals surface area contributed by atoms with E-state index in [1.54, 1.807) is 23.6 Å². The lowest BCUT2D eigenvalue weighted by Gasteiger charge is -2.35. The van der Waals surface area contributed by atoms with E-state index in [4.69, 9.17) is 9.15 Å². The summed E-state index contributed by atoms with van der Waals surface area (Å²) in [6.45, 7) is 3.91. The molecule has 33 heavy (non-hydrogen) atoms. The summed E-state index contributed by atoms with van der Waals surface area (Å²) >= 11 is 0. The molecule has 1 aliphatic heterocycles. The van der Waals surface area contributed by atoms with Crippen LogP contribution in [0, 0.1) is 0 Å². The maximum absolute atomic E-state index is 10.7. The van der Waals surface area contributed by atoms with Gasteiger partial charge in [-0.05, 0) is 36.2 Å². The summed E-state index contributed by atoms with van der Waals surface area (Å²) in [4.78, 5) is 19.2. The molecule has 2 N–H and O–H groups in total. The number of aliphatic hydroxyl groups excluding tert-OH is 1. The van der Waals surface area contributed by atoms with E-state index in [2.05, 4.69) is 20.1 Å². The van der Waals surface area contributed by atoms with Crippen LogP contribution in [0.5, 0.6) is 11.6 Å². The number of pyridine rings is 1. The van der Waals surface area contributed by atoms with Crippen molar-refractivity contribution >= 4 is 17.3 Å². The van der Waals surface area contributed by atoms with Crippen LogP contribution in [0.25, 0.3) is 22.2 Å². The van der Waals surface area contributed by atoms with Crippen molar-refractivity contribution < 1.29 is 19.1 Å². The molecule has 0 saturated carbocycles. The minimum absolute atomic E-state index is 0.503. The number of nitrogens with one attached hydrogen (secondary N) is 1. The molecule has 1 aliphatic rings. The molecule has 0 spiro atoms. The van der Waals surface area contributed by atoms with Crippen molar-refractivity contribution in [3.05, 3.63) is 60.6 Å². The average Bonchev–Trinajstić information content (AvgIpc) is 3.53. The first-order valence-corrected chi connectivity index (χ1v) is 10.9. The second kappa shape index (κ2) is 9.53. The zero-order valence-electron chi connectivity index (χ0n) is 18.1. The molecule has 4 heterocycles. The summed E-state index contributed by atoms with van der Waals surface area (Å²) in [5.41, 5.74) is 3.76. The Kier molecular flexibility index (Phi) is 6.16. The number of aliphatic hydroxyl groups is 1.